The van der Waals surface area contributed by atoms with Crippen molar-refractivity contribution in [3.63, 3.8) is 0 Å². The van der Waals surface area contributed by atoms with Gasteiger partial charge in [-0.1, -0.05) is 11.6 Å². The summed E-state index contributed by atoms with van der Waals surface area (Å²) in [5.74, 6) is 0. The summed E-state index contributed by atoms with van der Waals surface area (Å²) in [5, 5.41) is 14.1. The maximum Gasteiger partial charge on any atom is 0.173 e. The van der Waals surface area contributed by atoms with E-state index in [1.165, 1.54) is 0 Å². The van der Waals surface area contributed by atoms with E-state index in [0.717, 1.165) is 25.1 Å². The zero-order valence-corrected chi connectivity index (χ0v) is 11.0. The number of nitrogens with zero attached hydrogens (tertiary/aromatic N) is 1. The molecule has 17 heavy (non-hydrogen) atoms. The van der Waals surface area contributed by atoms with Crippen LogP contribution in [0.3, 0.4) is 0 Å². The molecule has 92 valence electrons. The Kier molecular flexibility index (Phi) is 4.20. The zero-order chi connectivity index (χ0) is 12.3. The number of likely N-dealkylation sites (tertiary alicyclic amines) is 1. The quantitative estimate of drug-likeness (QED) is 0.769. The summed E-state index contributed by atoms with van der Waals surface area (Å²) in [7, 11) is 0. The highest BCUT2D eigenvalue weighted by atomic mass is 35.5. The van der Waals surface area contributed by atoms with E-state index in [-0.39, 0.29) is 6.10 Å². The number of aliphatic hydroxyl groups is 1. The van der Waals surface area contributed by atoms with Crippen molar-refractivity contribution in [2.24, 2.45) is 0 Å². The number of rotatable bonds is 1. The van der Waals surface area contributed by atoms with Crippen LogP contribution >= 0.6 is 23.8 Å². The van der Waals surface area contributed by atoms with Crippen molar-refractivity contribution in [1.29, 1.82) is 0 Å². The van der Waals surface area contributed by atoms with Crippen LogP contribution in [0.2, 0.25) is 5.02 Å². The third-order valence-corrected chi connectivity index (χ3v) is 3.39. The predicted molar refractivity (Wildman–Crippen MR) is 74.5 cm³/mol. The number of hydrogen-bond donors (Lipinski definition) is 2. The van der Waals surface area contributed by atoms with Crippen molar-refractivity contribution >= 4 is 34.6 Å². The van der Waals surface area contributed by atoms with Crippen LogP contribution in [0.5, 0.6) is 0 Å². The molecule has 2 N–H and O–H groups in total. The molecule has 1 heterocycles. The highest BCUT2D eigenvalue weighted by Gasteiger charge is 2.19. The first-order valence-electron chi connectivity index (χ1n) is 5.65. The summed E-state index contributed by atoms with van der Waals surface area (Å²) in [4.78, 5) is 2.00. The van der Waals surface area contributed by atoms with Crippen molar-refractivity contribution < 1.29 is 5.11 Å². The lowest BCUT2D eigenvalue weighted by Crippen LogP contribution is -2.44. The van der Waals surface area contributed by atoms with Gasteiger partial charge >= 0.3 is 0 Å². The van der Waals surface area contributed by atoms with Gasteiger partial charge in [0.05, 0.1) is 6.10 Å². The Balaban J connectivity index is 1.94. The molecule has 0 radical (unpaired) electrons. The second kappa shape index (κ2) is 5.67. The summed E-state index contributed by atoms with van der Waals surface area (Å²) < 4.78 is 0. The molecule has 5 heteroatoms. The van der Waals surface area contributed by atoms with Gasteiger partial charge in [-0.15, -0.1) is 0 Å². The number of nitrogens with one attached hydrogen (secondary N) is 1. The molecule has 0 aliphatic carbocycles. The van der Waals surface area contributed by atoms with Crippen molar-refractivity contribution in [2.45, 2.75) is 18.9 Å². The van der Waals surface area contributed by atoms with Gasteiger partial charge in [-0.3, -0.25) is 0 Å². The van der Waals surface area contributed by atoms with Crippen molar-refractivity contribution in [3.05, 3.63) is 29.3 Å². The number of hydrogen-bond acceptors (Lipinski definition) is 2. The van der Waals surface area contributed by atoms with E-state index in [2.05, 4.69) is 5.32 Å². The topological polar surface area (TPSA) is 35.5 Å². The minimum atomic E-state index is -0.270. The maximum absolute atomic E-state index is 9.58. The van der Waals surface area contributed by atoms with Gasteiger partial charge in [0.2, 0.25) is 0 Å². The molecule has 3 nitrogen and oxygen atoms in total. The normalized spacial score (nSPS) is 20.1. The molecule has 0 saturated carbocycles. The third-order valence-electron chi connectivity index (χ3n) is 2.78. The Morgan fingerprint density at radius 3 is 2.76 bits per heavy atom. The summed E-state index contributed by atoms with van der Waals surface area (Å²) in [6, 6.07) is 7.40. The Hall–Kier alpha value is -0.840. The second-order valence-corrected chi connectivity index (χ2v) is 5.00. The molecular formula is C12H15ClN2OS. The molecular weight excluding hydrogens is 256 g/mol. The monoisotopic (exact) mass is 270 g/mol. The standard InChI is InChI=1S/C12H15ClN2OS/c13-9-3-5-10(6-4-9)14-12(17)15-7-1-2-11(16)8-15/h3-6,11,16H,1-2,7-8H2,(H,14,17)/t11-/m1/s1. The van der Waals surface area contributed by atoms with Gasteiger partial charge < -0.3 is 15.3 Å². The Morgan fingerprint density at radius 1 is 1.41 bits per heavy atom. The molecule has 1 aliphatic rings. The van der Waals surface area contributed by atoms with Crippen LogP contribution in [-0.2, 0) is 0 Å². The number of piperidine rings is 1. The van der Waals surface area contributed by atoms with E-state index in [1.807, 2.05) is 29.2 Å². The molecule has 2 rings (SSSR count). The zero-order valence-electron chi connectivity index (χ0n) is 9.40. The average molecular weight is 271 g/mol. The van der Waals surface area contributed by atoms with E-state index in [1.54, 1.807) is 0 Å². The fourth-order valence-electron chi connectivity index (χ4n) is 1.87. The molecule has 0 bridgehead atoms. The predicted octanol–water partition coefficient (Wildman–Crippen LogP) is 2.49. The Bertz CT molecular complexity index is 396. The third kappa shape index (κ3) is 3.56. The van der Waals surface area contributed by atoms with Gasteiger partial charge in [-0.05, 0) is 49.3 Å². The summed E-state index contributed by atoms with van der Waals surface area (Å²) >= 11 is 11.1. The number of β-amino-alcohol motifs (C(OH)–C–C–N with tert-alkyl or cyclic N) is 1. The SMILES string of the molecule is O[C@@H]1CCCN(C(=S)Nc2ccc(Cl)cc2)C1. The Morgan fingerprint density at radius 2 is 2.12 bits per heavy atom. The summed E-state index contributed by atoms with van der Waals surface area (Å²) in [5.41, 5.74) is 0.916. The highest BCUT2D eigenvalue weighted by molar-refractivity contribution is 7.80. The molecule has 1 saturated heterocycles. The van der Waals surface area contributed by atoms with Crippen LogP contribution in [-0.4, -0.2) is 34.3 Å². The number of halogens is 1. The van der Waals surface area contributed by atoms with Crippen molar-refractivity contribution in [2.75, 3.05) is 18.4 Å². The molecule has 1 aromatic rings. The smallest absolute Gasteiger partial charge is 0.173 e. The van der Waals surface area contributed by atoms with Crippen LogP contribution in [0.1, 0.15) is 12.8 Å². The molecule has 1 aliphatic heterocycles. The van der Waals surface area contributed by atoms with E-state index >= 15 is 0 Å². The van der Waals surface area contributed by atoms with E-state index in [0.29, 0.717) is 16.7 Å². The van der Waals surface area contributed by atoms with Gasteiger partial charge in [0.25, 0.3) is 0 Å². The van der Waals surface area contributed by atoms with Crippen LogP contribution in [0.4, 0.5) is 5.69 Å². The summed E-state index contributed by atoms with van der Waals surface area (Å²) in [6.45, 7) is 1.51. The van der Waals surface area contributed by atoms with Crippen LogP contribution in [0.15, 0.2) is 24.3 Å². The number of benzene rings is 1. The molecule has 0 aromatic heterocycles. The van der Waals surface area contributed by atoms with Gasteiger partial charge in [-0.2, -0.15) is 0 Å². The maximum atomic E-state index is 9.58. The van der Waals surface area contributed by atoms with Crippen LogP contribution in [0.25, 0.3) is 0 Å². The first-order chi connectivity index (χ1) is 8.15. The fourth-order valence-corrected chi connectivity index (χ4v) is 2.28. The summed E-state index contributed by atoms with van der Waals surface area (Å²) in [6.07, 6.45) is 1.57. The molecule has 1 atom stereocenters. The van der Waals surface area contributed by atoms with Crippen molar-refractivity contribution in [1.82, 2.24) is 4.90 Å². The van der Waals surface area contributed by atoms with Gasteiger partial charge in [0, 0.05) is 23.8 Å². The number of anilines is 1. The van der Waals surface area contributed by atoms with E-state index in [9.17, 15) is 5.11 Å². The Labute approximate surface area is 111 Å². The van der Waals surface area contributed by atoms with E-state index in [4.69, 9.17) is 23.8 Å². The molecule has 1 fully saturated rings. The van der Waals surface area contributed by atoms with Gasteiger partial charge in [0.15, 0.2) is 5.11 Å². The lowest BCUT2D eigenvalue weighted by Gasteiger charge is -2.32. The average Bonchev–Trinajstić information content (AvgIpc) is 2.32. The van der Waals surface area contributed by atoms with Gasteiger partial charge in [0.1, 0.15) is 0 Å². The van der Waals surface area contributed by atoms with Crippen molar-refractivity contribution in [3.8, 4) is 0 Å². The molecule has 0 amide bonds. The number of aliphatic hydroxyl groups excluding tert-OH is 1. The van der Waals surface area contributed by atoms with Gasteiger partial charge in [-0.25, -0.2) is 0 Å². The van der Waals surface area contributed by atoms with Crippen LogP contribution in [0, 0.1) is 0 Å². The first kappa shape index (κ1) is 12.6. The highest BCUT2D eigenvalue weighted by Crippen LogP contribution is 2.15. The van der Waals surface area contributed by atoms with E-state index < -0.39 is 0 Å². The lowest BCUT2D eigenvalue weighted by atomic mass is 10.1. The van der Waals surface area contributed by atoms with Crippen LogP contribution < -0.4 is 5.32 Å². The molecule has 1 aromatic carbocycles. The lowest BCUT2D eigenvalue weighted by molar-refractivity contribution is 0.104. The number of thiocarbonyl (C=S) groups is 1. The molecule has 0 unspecified atom stereocenters. The minimum absolute atomic E-state index is 0.270. The first-order valence-corrected chi connectivity index (χ1v) is 6.43. The minimum Gasteiger partial charge on any atom is -0.391 e. The molecule has 0 spiro atoms. The second-order valence-electron chi connectivity index (χ2n) is 4.18. The fraction of sp³-hybridized carbons (Fsp3) is 0.417. The largest absolute Gasteiger partial charge is 0.391 e.